The van der Waals surface area contributed by atoms with Gasteiger partial charge in [-0.1, -0.05) is 0 Å². The van der Waals surface area contributed by atoms with Crippen molar-refractivity contribution in [3.63, 3.8) is 0 Å². The van der Waals surface area contributed by atoms with Gasteiger partial charge in [0.1, 0.15) is 0 Å². The van der Waals surface area contributed by atoms with E-state index in [4.69, 9.17) is 15.0 Å². The lowest BCUT2D eigenvalue weighted by Gasteiger charge is -2.19. The Morgan fingerprint density at radius 3 is 1.86 bits per heavy atom. The van der Waals surface area contributed by atoms with E-state index in [0.29, 0.717) is 5.70 Å². The summed E-state index contributed by atoms with van der Waals surface area (Å²) in [7, 11) is 3.56. The van der Waals surface area contributed by atoms with Crippen molar-refractivity contribution in [2.24, 2.45) is 4.99 Å². The highest BCUT2D eigenvalue weighted by atomic mass is 16.4. The Morgan fingerprint density at radius 1 is 1.36 bits per heavy atom. The molecule has 6 heteroatoms. The summed E-state index contributed by atoms with van der Waals surface area (Å²) in [6.07, 6.45) is 1.53. The molecule has 0 atom stereocenters. The number of aliphatic carboxylic acids is 2. The minimum absolute atomic E-state index is 0.144. The Bertz CT molecular complexity index is 300. The first kappa shape index (κ1) is 12.2. The van der Waals surface area contributed by atoms with Crippen LogP contribution in [0.15, 0.2) is 16.4 Å². The van der Waals surface area contributed by atoms with E-state index in [1.807, 2.05) is 0 Å². The smallest absolute Gasteiger partial charge is 0.356 e. The maximum Gasteiger partial charge on any atom is 0.356 e. The quantitative estimate of drug-likeness (QED) is 0.655. The van der Waals surface area contributed by atoms with Crippen molar-refractivity contribution in [3.05, 3.63) is 11.4 Å². The van der Waals surface area contributed by atoms with Gasteiger partial charge in [0.15, 0.2) is 5.70 Å². The van der Waals surface area contributed by atoms with Crippen LogP contribution < -0.4 is 0 Å². The molecule has 1 heterocycles. The fourth-order valence-electron chi connectivity index (χ4n) is 0.679. The second-order valence-corrected chi connectivity index (χ2v) is 2.71. The summed E-state index contributed by atoms with van der Waals surface area (Å²) in [5, 5.41) is 15.9. The molecular weight excluding hydrogens is 188 g/mol. The Morgan fingerprint density at radius 2 is 1.79 bits per heavy atom. The molecule has 2 N–H and O–H groups in total. The summed E-state index contributed by atoms with van der Waals surface area (Å²) in [6.45, 7) is 1.08. The van der Waals surface area contributed by atoms with Crippen LogP contribution in [0.25, 0.3) is 0 Å². The molecular formula is C8H12N2O4. The van der Waals surface area contributed by atoms with E-state index in [1.165, 1.54) is 6.21 Å². The average molecular weight is 200 g/mol. The standard InChI is InChI=1S/C6H8N2O2.C2H4O2/c1-8(2)4-3-7-5(4)6(9)10;1-2(3)4/h3H,1-2H3,(H,9,10);1H3,(H,3,4). The second-order valence-electron chi connectivity index (χ2n) is 2.71. The first-order chi connectivity index (χ1) is 6.36. The molecule has 0 saturated carbocycles. The van der Waals surface area contributed by atoms with Gasteiger partial charge in [-0.15, -0.1) is 0 Å². The van der Waals surface area contributed by atoms with E-state index in [1.54, 1.807) is 19.0 Å². The highest BCUT2D eigenvalue weighted by Gasteiger charge is 2.19. The highest BCUT2D eigenvalue weighted by molar-refractivity contribution is 6.02. The Kier molecular flexibility index (Phi) is 4.34. The summed E-state index contributed by atoms with van der Waals surface area (Å²) in [5.41, 5.74) is 0.817. The highest BCUT2D eigenvalue weighted by Crippen LogP contribution is 2.14. The average Bonchev–Trinajstić information content (AvgIpc) is 1.77. The molecule has 1 aliphatic rings. The summed E-state index contributed by atoms with van der Waals surface area (Å²) in [6, 6.07) is 0. The minimum Gasteiger partial charge on any atom is -0.481 e. The first-order valence-corrected chi connectivity index (χ1v) is 3.74. The molecule has 0 aliphatic carbocycles. The van der Waals surface area contributed by atoms with Crippen molar-refractivity contribution in [2.75, 3.05) is 14.1 Å². The lowest BCUT2D eigenvalue weighted by molar-refractivity contribution is -0.134. The molecule has 14 heavy (non-hydrogen) atoms. The maximum atomic E-state index is 10.3. The van der Waals surface area contributed by atoms with E-state index in [-0.39, 0.29) is 5.70 Å². The molecule has 0 unspecified atom stereocenters. The van der Waals surface area contributed by atoms with Crippen molar-refractivity contribution < 1.29 is 19.8 Å². The van der Waals surface area contributed by atoms with Crippen molar-refractivity contribution in [1.82, 2.24) is 4.90 Å². The summed E-state index contributed by atoms with van der Waals surface area (Å²) in [4.78, 5) is 24.6. The molecule has 0 saturated heterocycles. The third-order valence-corrected chi connectivity index (χ3v) is 1.24. The molecule has 0 spiro atoms. The topological polar surface area (TPSA) is 90.2 Å². The fourth-order valence-corrected chi connectivity index (χ4v) is 0.679. The first-order valence-electron chi connectivity index (χ1n) is 3.74. The normalized spacial score (nSPS) is 12.5. The Hall–Kier alpha value is -1.85. The van der Waals surface area contributed by atoms with Gasteiger partial charge in [-0.3, -0.25) is 4.79 Å². The molecule has 78 valence electrons. The lowest BCUT2D eigenvalue weighted by Crippen LogP contribution is -2.22. The SMILES string of the molecule is CC(=O)O.CN(C)C1=C(C(=O)O)N=C1. The monoisotopic (exact) mass is 200 g/mol. The van der Waals surface area contributed by atoms with E-state index in [0.717, 1.165) is 6.92 Å². The van der Waals surface area contributed by atoms with E-state index >= 15 is 0 Å². The summed E-state index contributed by atoms with van der Waals surface area (Å²) >= 11 is 0. The molecule has 1 rings (SSSR count). The van der Waals surface area contributed by atoms with Gasteiger partial charge < -0.3 is 15.1 Å². The number of carboxylic acid groups (broad SMARTS) is 2. The van der Waals surface area contributed by atoms with Gasteiger partial charge in [-0.2, -0.15) is 0 Å². The third-order valence-electron chi connectivity index (χ3n) is 1.24. The number of carboxylic acids is 2. The predicted octanol–water partition coefficient (Wildman–Crippen LogP) is 0.0195. The van der Waals surface area contributed by atoms with Crippen LogP contribution in [-0.4, -0.2) is 47.4 Å². The number of nitrogens with zero attached hydrogens (tertiary/aromatic N) is 2. The van der Waals surface area contributed by atoms with Crippen LogP contribution in [-0.2, 0) is 9.59 Å². The molecule has 0 aromatic rings. The molecule has 0 amide bonds. The van der Waals surface area contributed by atoms with Gasteiger partial charge in [0.05, 0.1) is 11.9 Å². The van der Waals surface area contributed by atoms with Crippen molar-refractivity contribution in [1.29, 1.82) is 0 Å². The fraction of sp³-hybridized carbons (Fsp3) is 0.375. The third kappa shape index (κ3) is 3.70. The van der Waals surface area contributed by atoms with Gasteiger partial charge in [0.2, 0.25) is 0 Å². The van der Waals surface area contributed by atoms with E-state index < -0.39 is 11.9 Å². The van der Waals surface area contributed by atoms with E-state index in [9.17, 15) is 4.79 Å². The predicted molar refractivity (Wildman–Crippen MR) is 50.2 cm³/mol. The van der Waals surface area contributed by atoms with Crippen LogP contribution in [0.3, 0.4) is 0 Å². The van der Waals surface area contributed by atoms with Crippen LogP contribution in [0.2, 0.25) is 0 Å². The van der Waals surface area contributed by atoms with Gasteiger partial charge >= 0.3 is 5.97 Å². The van der Waals surface area contributed by atoms with Crippen LogP contribution >= 0.6 is 0 Å². The minimum atomic E-state index is -0.966. The second kappa shape index (κ2) is 5.00. The molecule has 6 nitrogen and oxygen atoms in total. The van der Waals surface area contributed by atoms with Gasteiger partial charge in [-0.05, 0) is 0 Å². The molecule has 0 aromatic heterocycles. The van der Waals surface area contributed by atoms with Crippen LogP contribution in [0.1, 0.15) is 6.92 Å². The maximum absolute atomic E-state index is 10.3. The number of hydrogen-bond acceptors (Lipinski definition) is 4. The number of allylic oxidation sites excluding steroid dienone is 1. The molecule has 0 radical (unpaired) electrons. The van der Waals surface area contributed by atoms with Crippen molar-refractivity contribution >= 4 is 18.2 Å². The molecule has 0 fully saturated rings. The number of hydrogen-bond donors (Lipinski definition) is 2. The van der Waals surface area contributed by atoms with E-state index in [2.05, 4.69) is 4.99 Å². The zero-order valence-electron chi connectivity index (χ0n) is 8.18. The Labute approximate surface area is 81.2 Å². The van der Waals surface area contributed by atoms with Gasteiger partial charge in [0, 0.05) is 21.0 Å². The largest absolute Gasteiger partial charge is 0.481 e. The Balaban J connectivity index is 0.000000364. The van der Waals surface area contributed by atoms with Crippen molar-refractivity contribution in [2.45, 2.75) is 6.92 Å². The van der Waals surface area contributed by atoms with Gasteiger partial charge in [0.25, 0.3) is 5.97 Å². The number of aliphatic imine (C=N–C) groups is 1. The zero-order valence-corrected chi connectivity index (χ0v) is 8.18. The summed E-state index contributed by atoms with van der Waals surface area (Å²) < 4.78 is 0. The van der Waals surface area contributed by atoms with Crippen LogP contribution in [0.4, 0.5) is 0 Å². The van der Waals surface area contributed by atoms with Crippen LogP contribution in [0.5, 0.6) is 0 Å². The number of carbonyl (C=O) groups is 2. The summed E-state index contributed by atoms with van der Waals surface area (Å²) in [5.74, 6) is -1.80. The lowest BCUT2D eigenvalue weighted by atomic mass is 10.2. The van der Waals surface area contributed by atoms with Gasteiger partial charge in [-0.25, -0.2) is 9.79 Å². The molecule has 0 aromatic carbocycles. The van der Waals surface area contributed by atoms with Crippen molar-refractivity contribution in [3.8, 4) is 0 Å². The molecule has 0 bridgehead atoms. The number of rotatable bonds is 2. The zero-order chi connectivity index (χ0) is 11.3. The molecule has 1 aliphatic heterocycles. The van der Waals surface area contributed by atoms with Crippen LogP contribution in [0, 0.1) is 0 Å².